The standard InChI is InChI=1S/C20H30N2O3S/c1-17-6-5-12-21(15-11-17)20(23)16-18-7-9-19(10-8-18)26(24,25)22-13-3-2-4-14-22/h7-10,17H,2-6,11-16H2,1H3. The molecule has 0 bridgehead atoms. The minimum atomic E-state index is -3.40. The summed E-state index contributed by atoms with van der Waals surface area (Å²) in [6.45, 7) is 5.13. The van der Waals surface area contributed by atoms with Crippen LogP contribution in [0, 0.1) is 5.92 Å². The Kier molecular flexibility index (Phi) is 6.35. The summed E-state index contributed by atoms with van der Waals surface area (Å²) in [4.78, 5) is 14.8. The van der Waals surface area contributed by atoms with Gasteiger partial charge >= 0.3 is 0 Å². The maximum Gasteiger partial charge on any atom is 0.243 e. The van der Waals surface area contributed by atoms with E-state index in [0.717, 1.165) is 50.8 Å². The Morgan fingerprint density at radius 1 is 0.962 bits per heavy atom. The Bertz CT molecular complexity index is 709. The zero-order valence-corrected chi connectivity index (χ0v) is 16.5. The molecule has 144 valence electrons. The summed E-state index contributed by atoms with van der Waals surface area (Å²) in [6, 6.07) is 6.87. The van der Waals surface area contributed by atoms with E-state index in [1.807, 2.05) is 4.90 Å². The molecule has 1 unspecified atom stereocenters. The van der Waals surface area contributed by atoms with Crippen molar-refractivity contribution >= 4 is 15.9 Å². The molecule has 1 amide bonds. The summed E-state index contributed by atoms with van der Waals surface area (Å²) >= 11 is 0. The minimum Gasteiger partial charge on any atom is -0.342 e. The van der Waals surface area contributed by atoms with Gasteiger partial charge in [-0.1, -0.05) is 25.5 Å². The van der Waals surface area contributed by atoms with Crippen LogP contribution in [0.1, 0.15) is 51.0 Å². The number of rotatable bonds is 4. The number of carbonyl (C=O) groups is 1. The van der Waals surface area contributed by atoms with Crippen molar-refractivity contribution in [3.8, 4) is 0 Å². The SMILES string of the molecule is CC1CCCN(C(=O)Cc2ccc(S(=O)(=O)N3CCCCC3)cc2)CC1. The molecule has 26 heavy (non-hydrogen) atoms. The van der Waals surface area contributed by atoms with Crippen LogP contribution in [0.4, 0.5) is 0 Å². The highest BCUT2D eigenvalue weighted by Gasteiger charge is 2.26. The number of nitrogens with zero attached hydrogens (tertiary/aromatic N) is 2. The van der Waals surface area contributed by atoms with Crippen LogP contribution < -0.4 is 0 Å². The van der Waals surface area contributed by atoms with Crippen LogP contribution in [0.5, 0.6) is 0 Å². The summed E-state index contributed by atoms with van der Waals surface area (Å²) in [7, 11) is -3.40. The normalized spacial score (nSPS) is 22.8. The van der Waals surface area contributed by atoms with Gasteiger partial charge in [-0.25, -0.2) is 8.42 Å². The second kappa shape index (κ2) is 8.53. The van der Waals surface area contributed by atoms with Gasteiger partial charge in [-0.3, -0.25) is 4.79 Å². The number of hydrogen-bond acceptors (Lipinski definition) is 3. The Balaban J connectivity index is 1.63. The number of benzene rings is 1. The fourth-order valence-corrected chi connectivity index (χ4v) is 5.35. The number of sulfonamides is 1. The Morgan fingerprint density at radius 2 is 1.65 bits per heavy atom. The van der Waals surface area contributed by atoms with Crippen molar-refractivity contribution in [2.45, 2.75) is 56.8 Å². The van der Waals surface area contributed by atoms with Gasteiger partial charge in [0.05, 0.1) is 11.3 Å². The molecule has 2 aliphatic rings. The monoisotopic (exact) mass is 378 g/mol. The van der Waals surface area contributed by atoms with Crippen molar-refractivity contribution < 1.29 is 13.2 Å². The largest absolute Gasteiger partial charge is 0.342 e. The van der Waals surface area contributed by atoms with Crippen LogP contribution in [-0.4, -0.2) is 49.7 Å². The van der Waals surface area contributed by atoms with Crippen LogP contribution in [0.25, 0.3) is 0 Å². The molecular formula is C20H30N2O3S. The van der Waals surface area contributed by atoms with Gasteiger partial charge in [0.25, 0.3) is 0 Å². The van der Waals surface area contributed by atoms with Crippen LogP contribution in [0.3, 0.4) is 0 Å². The molecule has 2 aliphatic heterocycles. The summed E-state index contributed by atoms with van der Waals surface area (Å²) in [5.41, 5.74) is 0.880. The Hall–Kier alpha value is -1.40. The average Bonchev–Trinajstić information content (AvgIpc) is 2.87. The molecule has 0 aromatic heterocycles. The lowest BCUT2D eigenvalue weighted by Crippen LogP contribution is -2.35. The highest BCUT2D eigenvalue weighted by molar-refractivity contribution is 7.89. The Labute approximate surface area is 157 Å². The van der Waals surface area contributed by atoms with Gasteiger partial charge in [0.1, 0.15) is 0 Å². The Morgan fingerprint density at radius 3 is 2.35 bits per heavy atom. The van der Waals surface area contributed by atoms with E-state index in [1.54, 1.807) is 28.6 Å². The first kappa shape index (κ1) is 19.4. The summed E-state index contributed by atoms with van der Waals surface area (Å²) < 4.78 is 27.0. The van der Waals surface area contributed by atoms with Gasteiger partial charge in [0, 0.05) is 26.2 Å². The molecule has 5 nitrogen and oxygen atoms in total. The average molecular weight is 379 g/mol. The van der Waals surface area contributed by atoms with Gasteiger partial charge in [0.15, 0.2) is 0 Å². The maximum absolute atomic E-state index is 12.7. The minimum absolute atomic E-state index is 0.144. The lowest BCUT2D eigenvalue weighted by molar-refractivity contribution is -0.130. The van der Waals surface area contributed by atoms with Crippen LogP contribution in [-0.2, 0) is 21.2 Å². The first-order valence-electron chi connectivity index (χ1n) is 9.83. The van der Waals surface area contributed by atoms with Crippen molar-refractivity contribution in [3.05, 3.63) is 29.8 Å². The lowest BCUT2D eigenvalue weighted by atomic mass is 10.0. The highest BCUT2D eigenvalue weighted by atomic mass is 32.2. The van der Waals surface area contributed by atoms with E-state index in [-0.39, 0.29) is 5.91 Å². The van der Waals surface area contributed by atoms with E-state index in [0.29, 0.717) is 30.3 Å². The second-order valence-electron chi connectivity index (χ2n) is 7.70. The first-order valence-corrected chi connectivity index (χ1v) is 11.3. The number of likely N-dealkylation sites (tertiary alicyclic amines) is 1. The van der Waals surface area contributed by atoms with E-state index < -0.39 is 10.0 Å². The number of piperidine rings is 1. The van der Waals surface area contributed by atoms with E-state index in [9.17, 15) is 13.2 Å². The predicted octanol–water partition coefficient (Wildman–Crippen LogP) is 3.05. The fraction of sp³-hybridized carbons (Fsp3) is 0.650. The van der Waals surface area contributed by atoms with Crippen LogP contribution in [0.2, 0.25) is 0 Å². The third kappa shape index (κ3) is 4.65. The fourth-order valence-electron chi connectivity index (χ4n) is 3.83. The lowest BCUT2D eigenvalue weighted by Gasteiger charge is -2.26. The molecule has 1 atom stereocenters. The molecule has 3 rings (SSSR count). The van der Waals surface area contributed by atoms with Gasteiger partial charge < -0.3 is 4.90 Å². The van der Waals surface area contributed by atoms with Gasteiger partial charge in [0.2, 0.25) is 15.9 Å². The number of carbonyl (C=O) groups excluding carboxylic acids is 1. The molecule has 1 aromatic carbocycles. The molecule has 0 spiro atoms. The first-order chi connectivity index (χ1) is 12.5. The molecule has 2 heterocycles. The number of hydrogen-bond donors (Lipinski definition) is 0. The zero-order valence-electron chi connectivity index (χ0n) is 15.7. The van der Waals surface area contributed by atoms with Crippen molar-refractivity contribution in [2.75, 3.05) is 26.2 Å². The molecule has 6 heteroatoms. The molecule has 0 saturated carbocycles. The zero-order chi connectivity index (χ0) is 18.6. The van der Waals surface area contributed by atoms with Gasteiger partial charge in [-0.15, -0.1) is 0 Å². The molecule has 0 N–H and O–H groups in total. The van der Waals surface area contributed by atoms with E-state index >= 15 is 0 Å². The maximum atomic E-state index is 12.7. The molecule has 1 aromatic rings. The summed E-state index contributed by atoms with van der Waals surface area (Å²) in [5, 5.41) is 0. The summed E-state index contributed by atoms with van der Waals surface area (Å²) in [6.07, 6.45) is 6.63. The van der Waals surface area contributed by atoms with Crippen LogP contribution >= 0.6 is 0 Å². The predicted molar refractivity (Wildman–Crippen MR) is 102 cm³/mol. The van der Waals surface area contributed by atoms with E-state index in [4.69, 9.17) is 0 Å². The molecule has 2 fully saturated rings. The smallest absolute Gasteiger partial charge is 0.243 e. The third-order valence-electron chi connectivity index (χ3n) is 5.60. The van der Waals surface area contributed by atoms with Gasteiger partial charge in [-0.2, -0.15) is 4.31 Å². The van der Waals surface area contributed by atoms with Crippen molar-refractivity contribution in [1.29, 1.82) is 0 Å². The quantitative estimate of drug-likeness (QED) is 0.809. The van der Waals surface area contributed by atoms with E-state index in [2.05, 4.69) is 6.92 Å². The second-order valence-corrected chi connectivity index (χ2v) is 9.64. The van der Waals surface area contributed by atoms with Crippen molar-refractivity contribution in [3.63, 3.8) is 0 Å². The van der Waals surface area contributed by atoms with Crippen molar-refractivity contribution in [1.82, 2.24) is 9.21 Å². The van der Waals surface area contributed by atoms with Crippen LogP contribution in [0.15, 0.2) is 29.2 Å². The molecule has 0 radical (unpaired) electrons. The summed E-state index contributed by atoms with van der Waals surface area (Å²) in [5.74, 6) is 0.831. The van der Waals surface area contributed by atoms with Gasteiger partial charge in [-0.05, 0) is 55.7 Å². The molecular weight excluding hydrogens is 348 g/mol. The highest BCUT2D eigenvalue weighted by Crippen LogP contribution is 2.22. The molecule has 0 aliphatic carbocycles. The molecule has 2 saturated heterocycles. The van der Waals surface area contributed by atoms with E-state index in [1.165, 1.54) is 6.42 Å². The topological polar surface area (TPSA) is 57.7 Å². The third-order valence-corrected chi connectivity index (χ3v) is 7.51. The number of amides is 1. The van der Waals surface area contributed by atoms with Crippen molar-refractivity contribution in [2.24, 2.45) is 5.92 Å².